The number of aromatic nitrogens is 4. The zero-order valence-electron chi connectivity index (χ0n) is 32.2. The van der Waals surface area contributed by atoms with Gasteiger partial charge in [-0.05, 0) is 120 Å². The summed E-state index contributed by atoms with van der Waals surface area (Å²) in [4.78, 5) is 9.71. The van der Waals surface area contributed by atoms with Crippen LogP contribution >= 0.6 is 0 Å². The van der Waals surface area contributed by atoms with Gasteiger partial charge in [0, 0.05) is 29.6 Å². The van der Waals surface area contributed by atoms with Crippen LogP contribution in [0.3, 0.4) is 0 Å². The van der Waals surface area contributed by atoms with Crippen molar-refractivity contribution in [2.45, 2.75) is 155 Å². The van der Waals surface area contributed by atoms with E-state index in [9.17, 15) is 17.2 Å². The molecule has 0 atom stereocenters. The van der Waals surface area contributed by atoms with E-state index in [1.54, 1.807) is 26.8 Å². The van der Waals surface area contributed by atoms with Gasteiger partial charge in [-0.2, -0.15) is 0 Å². The Balaban J connectivity index is 0.000000205. The third-order valence-electron chi connectivity index (χ3n) is 10.4. The number of nitrogens with zero attached hydrogens (tertiary/aromatic N) is 4. The van der Waals surface area contributed by atoms with Gasteiger partial charge >= 0.3 is 0 Å². The first-order chi connectivity index (χ1) is 23.6. The molecule has 2 heterocycles. The first-order valence-corrected chi connectivity index (χ1v) is 20.2. The summed E-state index contributed by atoms with van der Waals surface area (Å²) in [5.41, 5.74) is 10.9. The SMILES string of the molecule is CC(C)(C)c1nc2cc(N)ccc2n1CC1CCC(F)CC1.CC(C)(C)c1nc2cc(NS(=O)(=O)C(C)(C)C)ccc2n1CC1CCC(F)CC1. The van der Waals surface area contributed by atoms with Crippen LogP contribution in [0.15, 0.2) is 36.4 Å². The molecule has 0 radical (unpaired) electrons. The standard InChI is InChI=1S/C22H34FN3O2S.C18H26FN3/c1-21(2,3)20-24-18-13-17(25-29(27,28)22(4,5)6)11-12-19(18)26(20)14-15-7-9-16(23)10-8-15;1-18(2,3)17-21-15-10-14(20)8-9-16(15)22(17)11-12-4-6-13(19)7-5-12/h11-13,15-16,25H,7-10,14H2,1-6H3;8-10,12-13H,4-7,11,20H2,1-3H3. The molecule has 3 N–H and O–H groups in total. The summed E-state index contributed by atoms with van der Waals surface area (Å²) in [6.45, 7) is 19.7. The highest BCUT2D eigenvalue weighted by atomic mass is 32.2. The van der Waals surface area contributed by atoms with Crippen molar-refractivity contribution in [3.05, 3.63) is 48.0 Å². The molecular weight excluding hydrogens is 667 g/mol. The van der Waals surface area contributed by atoms with Crippen LogP contribution in [0.2, 0.25) is 0 Å². The molecule has 4 aromatic rings. The number of imidazole rings is 2. The maximum absolute atomic E-state index is 13.5. The molecule has 0 bridgehead atoms. The number of hydrogen-bond acceptors (Lipinski definition) is 5. The maximum atomic E-state index is 13.5. The van der Waals surface area contributed by atoms with Crippen molar-refractivity contribution in [2.24, 2.45) is 11.8 Å². The minimum Gasteiger partial charge on any atom is -0.399 e. The predicted octanol–water partition coefficient (Wildman–Crippen LogP) is 9.85. The third kappa shape index (κ3) is 9.24. The summed E-state index contributed by atoms with van der Waals surface area (Å²) in [6.07, 6.45) is 5.16. The number of hydrogen-bond donors (Lipinski definition) is 2. The smallest absolute Gasteiger partial charge is 0.237 e. The first kappa shape index (κ1) is 39.0. The molecule has 2 aromatic carbocycles. The summed E-state index contributed by atoms with van der Waals surface area (Å²) >= 11 is 0. The van der Waals surface area contributed by atoms with E-state index >= 15 is 0 Å². The quantitative estimate of drug-likeness (QED) is 0.192. The second kappa shape index (κ2) is 14.7. The van der Waals surface area contributed by atoms with Crippen LogP contribution in [0.25, 0.3) is 22.1 Å². The van der Waals surface area contributed by atoms with E-state index in [0.717, 1.165) is 78.2 Å². The molecule has 0 aliphatic heterocycles. The van der Waals surface area contributed by atoms with E-state index in [1.807, 2.05) is 24.3 Å². The average Bonchev–Trinajstić information content (AvgIpc) is 3.57. The van der Waals surface area contributed by atoms with Gasteiger partial charge in [0.1, 0.15) is 24.0 Å². The van der Waals surface area contributed by atoms with Gasteiger partial charge in [0.05, 0.1) is 32.5 Å². The maximum Gasteiger partial charge on any atom is 0.237 e. The second-order valence-electron chi connectivity index (χ2n) is 18.0. The van der Waals surface area contributed by atoms with Gasteiger partial charge in [0.2, 0.25) is 10.0 Å². The average molecular weight is 727 g/mol. The zero-order valence-corrected chi connectivity index (χ0v) is 33.0. The molecule has 0 spiro atoms. The van der Waals surface area contributed by atoms with E-state index in [4.69, 9.17) is 15.7 Å². The molecule has 6 rings (SSSR count). The lowest BCUT2D eigenvalue weighted by molar-refractivity contribution is 0.194. The van der Waals surface area contributed by atoms with E-state index in [2.05, 4.69) is 61.5 Å². The Bertz CT molecular complexity index is 1910. The molecule has 51 heavy (non-hydrogen) atoms. The summed E-state index contributed by atoms with van der Waals surface area (Å²) in [7, 11) is -3.50. The minimum absolute atomic E-state index is 0.0227. The molecule has 8 nitrogen and oxygen atoms in total. The summed E-state index contributed by atoms with van der Waals surface area (Å²) < 4.78 is 58.3. The van der Waals surface area contributed by atoms with E-state index < -0.39 is 27.1 Å². The highest BCUT2D eigenvalue weighted by Gasteiger charge is 2.31. The number of nitrogens with one attached hydrogen (secondary N) is 1. The lowest BCUT2D eigenvalue weighted by Crippen LogP contribution is -2.33. The van der Waals surface area contributed by atoms with E-state index in [0.29, 0.717) is 43.2 Å². The number of benzene rings is 2. The number of halogens is 2. The number of alkyl halides is 2. The normalized spacial score (nSPS) is 22.2. The topological polar surface area (TPSA) is 108 Å². The van der Waals surface area contributed by atoms with Gasteiger partial charge in [-0.1, -0.05) is 41.5 Å². The van der Waals surface area contributed by atoms with Crippen LogP contribution in [0.5, 0.6) is 0 Å². The Labute approximate surface area is 304 Å². The van der Waals surface area contributed by atoms with Gasteiger partial charge in [0.25, 0.3) is 0 Å². The number of rotatable bonds is 6. The fourth-order valence-electron chi connectivity index (χ4n) is 7.29. The Kier molecular flexibility index (Phi) is 11.2. The zero-order chi connectivity index (χ0) is 37.5. The van der Waals surface area contributed by atoms with Crippen LogP contribution in [0.4, 0.5) is 20.2 Å². The van der Waals surface area contributed by atoms with Crippen molar-refractivity contribution in [3.63, 3.8) is 0 Å². The molecule has 2 aliphatic rings. The molecule has 11 heteroatoms. The molecule has 2 saturated carbocycles. The molecule has 0 saturated heterocycles. The molecule has 0 amide bonds. The fourth-order valence-corrected chi connectivity index (χ4v) is 8.03. The van der Waals surface area contributed by atoms with E-state index in [-0.39, 0.29) is 10.8 Å². The molecule has 2 aromatic heterocycles. The number of anilines is 2. The van der Waals surface area contributed by atoms with Crippen molar-refractivity contribution >= 4 is 43.5 Å². The van der Waals surface area contributed by atoms with Gasteiger partial charge in [0.15, 0.2) is 0 Å². The van der Waals surface area contributed by atoms with Crippen molar-refractivity contribution < 1.29 is 17.2 Å². The van der Waals surface area contributed by atoms with Gasteiger partial charge in [-0.25, -0.2) is 27.2 Å². The second-order valence-corrected chi connectivity index (χ2v) is 20.4. The van der Waals surface area contributed by atoms with Crippen molar-refractivity contribution in [2.75, 3.05) is 10.5 Å². The monoisotopic (exact) mass is 726 g/mol. The van der Waals surface area contributed by atoms with Gasteiger partial charge < -0.3 is 14.9 Å². The fraction of sp³-hybridized carbons (Fsp3) is 0.650. The number of nitrogen functional groups attached to an aromatic ring is 1. The summed E-state index contributed by atoms with van der Waals surface area (Å²) in [5.74, 6) is 3.06. The predicted molar refractivity (Wildman–Crippen MR) is 207 cm³/mol. The largest absolute Gasteiger partial charge is 0.399 e. The molecular formula is C40H60F2N6O2S. The van der Waals surface area contributed by atoms with Gasteiger partial charge in [-0.15, -0.1) is 0 Å². The summed E-state index contributed by atoms with van der Waals surface area (Å²) in [5, 5.41) is 0. The Morgan fingerprint density at radius 3 is 1.51 bits per heavy atom. The highest BCUT2D eigenvalue weighted by molar-refractivity contribution is 7.94. The number of sulfonamides is 1. The van der Waals surface area contributed by atoms with Crippen molar-refractivity contribution in [3.8, 4) is 0 Å². The number of nitrogens with two attached hydrogens (primary N) is 1. The van der Waals surface area contributed by atoms with Crippen LogP contribution < -0.4 is 10.5 Å². The molecule has 2 fully saturated rings. The first-order valence-electron chi connectivity index (χ1n) is 18.7. The minimum atomic E-state index is -3.50. The molecule has 2 aliphatic carbocycles. The lowest BCUT2D eigenvalue weighted by atomic mass is 9.87. The Morgan fingerprint density at radius 1 is 0.686 bits per heavy atom. The van der Waals surface area contributed by atoms with Crippen molar-refractivity contribution in [1.29, 1.82) is 0 Å². The molecule has 0 unspecified atom stereocenters. The highest BCUT2D eigenvalue weighted by Crippen LogP contribution is 2.35. The Hall–Kier alpha value is -3.21. The lowest BCUT2D eigenvalue weighted by Gasteiger charge is -2.27. The number of fused-ring (bicyclic) bond motifs is 2. The third-order valence-corrected chi connectivity index (χ3v) is 12.5. The van der Waals surface area contributed by atoms with Gasteiger partial charge in [-0.3, -0.25) is 4.72 Å². The molecule has 282 valence electrons. The summed E-state index contributed by atoms with van der Waals surface area (Å²) in [6, 6.07) is 11.5. The van der Waals surface area contributed by atoms with Crippen molar-refractivity contribution in [1.82, 2.24) is 19.1 Å². The van der Waals surface area contributed by atoms with Crippen LogP contribution in [0.1, 0.15) is 125 Å². The van der Waals surface area contributed by atoms with Crippen LogP contribution in [-0.2, 0) is 33.9 Å². The van der Waals surface area contributed by atoms with Crippen LogP contribution in [0, 0.1) is 11.8 Å². The Morgan fingerprint density at radius 2 is 1.10 bits per heavy atom. The van der Waals surface area contributed by atoms with E-state index in [1.165, 1.54) is 0 Å². The van der Waals surface area contributed by atoms with Crippen LogP contribution in [-0.4, -0.2) is 44.6 Å².